The summed E-state index contributed by atoms with van der Waals surface area (Å²) in [7, 11) is 0. The molecule has 18 heavy (non-hydrogen) atoms. The zero-order valence-corrected chi connectivity index (χ0v) is 12.6. The molecule has 0 aromatic heterocycles. The highest BCUT2D eigenvalue weighted by Gasteiger charge is 2.14. The molecule has 1 heterocycles. The molecule has 0 bridgehead atoms. The Balaban J connectivity index is 1.84. The Kier molecular flexibility index (Phi) is 9.54. The fourth-order valence-electron chi connectivity index (χ4n) is 2.57. The van der Waals surface area contributed by atoms with E-state index in [1.165, 1.54) is 84.5 Å². The fraction of sp³-hybridized carbons (Fsp3) is 1.00. The maximum atomic E-state index is 3.47. The van der Waals surface area contributed by atoms with Crippen molar-refractivity contribution in [1.82, 2.24) is 15.1 Å². The van der Waals surface area contributed by atoms with Crippen molar-refractivity contribution in [3.63, 3.8) is 0 Å². The zero-order chi connectivity index (χ0) is 13.1. The fourth-order valence-corrected chi connectivity index (χ4v) is 2.57. The average molecular weight is 255 g/mol. The molecule has 108 valence electrons. The summed E-state index contributed by atoms with van der Waals surface area (Å²) in [4.78, 5) is 5.19. The van der Waals surface area contributed by atoms with Gasteiger partial charge in [0.2, 0.25) is 0 Å². The highest BCUT2D eigenvalue weighted by molar-refractivity contribution is 4.70. The van der Waals surface area contributed by atoms with Crippen LogP contribution < -0.4 is 5.32 Å². The van der Waals surface area contributed by atoms with Crippen LogP contribution in [0, 0.1) is 0 Å². The number of hydrogen-bond donors (Lipinski definition) is 1. The van der Waals surface area contributed by atoms with Gasteiger partial charge in [0.05, 0.1) is 0 Å². The molecule has 0 atom stereocenters. The van der Waals surface area contributed by atoms with Crippen LogP contribution in [0.3, 0.4) is 0 Å². The molecule has 0 unspecified atom stereocenters. The van der Waals surface area contributed by atoms with Crippen LogP contribution in [0.5, 0.6) is 0 Å². The summed E-state index contributed by atoms with van der Waals surface area (Å²) in [6, 6.07) is 0. The number of nitrogens with zero attached hydrogens (tertiary/aromatic N) is 2. The van der Waals surface area contributed by atoms with E-state index in [1.54, 1.807) is 0 Å². The molecule has 1 N–H and O–H groups in total. The van der Waals surface area contributed by atoms with Gasteiger partial charge in [0.25, 0.3) is 0 Å². The van der Waals surface area contributed by atoms with E-state index in [0.717, 1.165) is 0 Å². The standard InChI is InChI=1S/C15H33N3/c1-3-9-16-10-7-5-6-8-11-18-14-12-17(4-2)13-15-18/h16H,3-15H2,1-2H3. The summed E-state index contributed by atoms with van der Waals surface area (Å²) in [5, 5.41) is 3.47. The van der Waals surface area contributed by atoms with E-state index in [2.05, 4.69) is 29.0 Å². The van der Waals surface area contributed by atoms with Gasteiger partial charge in [0, 0.05) is 26.2 Å². The predicted octanol–water partition coefficient (Wildman–Crippen LogP) is 2.18. The molecular weight excluding hydrogens is 222 g/mol. The Morgan fingerprint density at radius 1 is 0.778 bits per heavy atom. The van der Waals surface area contributed by atoms with E-state index in [0.29, 0.717) is 0 Å². The highest BCUT2D eigenvalue weighted by Crippen LogP contribution is 2.05. The highest BCUT2D eigenvalue weighted by atomic mass is 15.3. The van der Waals surface area contributed by atoms with Crippen molar-refractivity contribution in [3.05, 3.63) is 0 Å². The second-order valence-corrected chi connectivity index (χ2v) is 5.44. The summed E-state index contributed by atoms with van der Waals surface area (Å²) in [6.45, 7) is 14.5. The van der Waals surface area contributed by atoms with E-state index in [-0.39, 0.29) is 0 Å². The van der Waals surface area contributed by atoms with Gasteiger partial charge in [-0.3, -0.25) is 0 Å². The van der Waals surface area contributed by atoms with Gasteiger partial charge in [-0.1, -0.05) is 26.7 Å². The summed E-state index contributed by atoms with van der Waals surface area (Å²) in [6.07, 6.45) is 6.79. The Bertz CT molecular complexity index is 177. The first kappa shape index (κ1) is 15.9. The van der Waals surface area contributed by atoms with E-state index in [9.17, 15) is 0 Å². The number of nitrogens with one attached hydrogen (secondary N) is 1. The Labute approximate surface area is 114 Å². The van der Waals surface area contributed by atoms with Crippen molar-refractivity contribution in [1.29, 1.82) is 0 Å². The molecule has 1 saturated heterocycles. The van der Waals surface area contributed by atoms with Crippen molar-refractivity contribution in [2.75, 3.05) is 52.4 Å². The Morgan fingerprint density at radius 3 is 2.11 bits per heavy atom. The quantitative estimate of drug-likeness (QED) is 0.604. The van der Waals surface area contributed by atoms with Crippen molar-refractivity contribution in [2.24, 2.45) is 0 Å². The molecule has 3 nitrogen and oxygen atoms in total. The average Bonchev–Trinajstić information content (AvgIpc) is 2.42. The summed E-state index contributed by atoms with van der Waals surface area (Å²) < 4.78 is 0. The van der Waals surface area contributed by atoms with Gasteiger partial charge in [-0.15, -0.1) is 0 Å². The van der Waals surface area contributed by atoms with Crippen LogP contribution in [0.15, 0.2) is 0 Å². The molecular formula is C15H33N3. The molecule has 3 heteroatoms. The van der Waals surface area contributed by atoms with Crippen LogP contribution in [-0.4, -0.2) is 62.2 Å². The van der Waals surface area contributed by atoms with Crippen molar-refractivity contribution < 1.29 is 0 Å². The van der Waals surface area contributed by atoms with Gasteiger partial charge in [0.1, 0.15) is 0 Å². The summed E-state index contributed by atoms with van der Waals surface area (Å²) >= 11 is 0. The molecule has 1 aliphatic rings. The third kappa shape index (κ3) is 7.34. The summed E-state index contributed by atoms with van der Waals surface area (Å²) in [5.74, 6) is 0. The number of likely N-dealkylation sites (N-methyl/N-ethyl adjacent to an activating group) is 1. The molecule has 1 fully saturated rings. The lowest BCUT2D eigenvalue weighted by molar-refractivity contribution is 0.135. The monoisotopic (exact) mass is 255 g/mol. The van der Waals surface area contributed by atoms with Crippen LogP contribution >= 0.6 is 0 Å². The second-order valence-electron chi connectivity index (χ2n) is 5.44. The maximum Gasteiger partial charge on any atom is 0.0110 e. The number of piperazine rings is 1. The SMILES string of the molecule is CCCNCCCCCCN1CCN(CC)CC1. The molecule has 0 amide bonds. The minimum Gasteiger partial charge on any atom is -0.317 e. The number of rotatable bonds is 10. The lowest BCUT2D eigenvalue weighted by Gasteiger charge is -2.33. The van der Waals surface area contributed by atoms with Gasteiger partial charge in [0.15, 0.2) is 0 Å². The molecule has 0 saturated carbocycles. The van der Waals surface area contributed by atoms with Crippen molar-refractivity contribution in [2.45, 2.75) is 46.0 Å². The van der Waals surface area contributed by atoms with Gasteiger partial charge >= 0.3 is 0 Å². The molecule has 0 aliphatic carbocycles. The largest absolute Gasteiger partial charge is 0.317 e. The van der Waals surface area contributed by atoms with Gasteiger partial charge in [-0.2, -0.15) is 0 Å². The minimum absolute atomic E-state index is 1.18. The minimum atomic E-state index is 1.18. The van der Waals surface area contributed by atoms with E-state index < -0.39 is 0 Å². The van der Waals surface area contributed by atoms with Crippen LogP contribution in [-0.2, 0) is 0 Å². The van der Waals surface area contributed by atoms with Gasteiger partial charge < -0.3 is 15.1 Å². The van der Waals surface area contributed by atoms with E-state index in [1.807, 2.05) is 0 Å². The first-order valence-electron chi connectivity index (χ1n) is 8.02. The molecule has 1 aliphatic heterocycles. The third-order valence-electron chi connectivity index (χ3n) is 3.92. The first-order chi connectivity index (χ1) is 8.86. The molecule has 0 aromatic carbocycles. The molecule has 0 aromatic rings. The second kappa shape index (κ2) is 10.8. The van der Waals surface area contributed by atoms with E-state index in [4.69, 9.17) is 0 Å². The first-order valence-corrected chi connectivity index (χ1v) is 8.02. The van der Waals surface area contributed by atoms with Gasteiger partial charge in [-0.25, -0.2) is 0 Å². The Morgan fingerprint density at radius 2 is 1.44 bits per heavy atom. The summed E-state index contributed by atoms with van der Waals surface area (Å²) in [5.41, 5.74) is 0. The zero-order valence-electron chi connectivity index (χ0n) is 12.6. The number of unbranched alkanes of at least 4 members (excludes halogenated alkanes) is 3. The third-order valence-corrected chi connectivity index (χ3v) is 3.92. The van der Waals surface area contributed by atoms with E-state index >= 15 is 0 Å². The molecule has 0 radical (unpaired) electrons. The Hall–Kier alpha value is -0.120. The lowest BCUT2D eigenvalue weighted by atomic mass is 10.1. The van der Waals surface area contributed by atoms with Crippen LogP contribution in [0.1, 0.15) is 46.0 Å². The van der Waals surface area contributed by atoms with Crippen LogP contribution in [0.2, 0.25) is 0 Å². The van der Waals surface area contributed by atoms with Crippen LogP contribution in [0.25, 0.3) is 0 Å². The normalized spacial score (nSPS) is 18.3. The smallest absolute Gasteiger partial charge is 0.0110 e. The maximum absolute atomic E-state index is 3.47. The van der Waals surface area contributed by atoms with Crippen molar-refractivity contribution >= 4 is 0 Å². The van der Waals surface area contributed by atoms with Gasteiger partial charge in [-0.05, 0) is 45.4 Å². The predicted molar refractivity (Wildman–Crippen MR) is 80.2 cm³/mol. The van der Waals surface area contributed by atoms with Crippen LogP contribution in [0.4, 0.5) is 0 Å². The number of hydrogen-bond acceptors (Lipinski definition) is 3. The molecule has 1 rings (SSSR count). The topological polar surface area (TPSA) is 18.5 Å². The lowest BCUT2D eigenvalue weighted by Crippen LogP contribution is -2.46. The molecule has 0 spiro atoms. The van der Waals surface area contributed by atoms with Crippen molar-refractivity contribution in [3.8, 4) is 0 Å².